The van der Waals surface area contributed by atoms with E-state index in [1.54, 1.807) is 19.2 Å². The second kappa shape index (κ2) is 5.49. The molecule has 1 saturated heterocycles. The van der Waals surface area contributed by atoms with Crippen molar-refractivity contribution in [2.45, 2.75) is 57.8 Å². The van der Waals surface area contributed by atoms with Crippen LogP contribution < -0.4 is 15.6 Å². The third-order valence-electron chi connectivity index (χ3n) is 4.63. The monoisotopic (exact) mass is 318 g/mol. The first-order valence-electron chi connectivity index (χ1n) is 7.99. The lowest BCUT2D eigenvalue weighted by Gasteiger charge is -2.32. The molecule has 6 nitrogen and oxygen atoms in total. The third-order valence-corrected chi connectivity index (χ3v) is 4.63. The van der Waals surface area contributed by atoms with Gasteiger partial charge in [0, 0.05) is 7.05 Å². The summed E-state index contributed by atoms with van der Waals surface area (Å²) in [5, 5.41) is 2.60. The number of carbonyl (C=O) groups is 1. The van der Waals surface area contributed by atoms with Gasteiger partial charge in [-0.3, -0.25) is 4.79 Å². The van der Waals surface area contributed by atoms with Crippen molar-refractivity contribution in [1.29, 1.82) is 0 Å². The molecule has 2 fully saturated rings. The number of hydrogen-bond acceptors (Lipinski definition) is 5. The van der Waals surface area contributed by atoms with E-state index in [2.05, 4.69) is 10.3 Å². The molecule has 1 aromatic heterocycles. The maximum Gasteiger partial charge on any atom is 0.514 e. The Kier molecular flexibility index (Phi) is 3.88. The number of pyridine rings is 1. The predicted molar refractivity (Wildman–Crippen MR) is 87.0 cm³/mol. The summed E-state index contributed by atoms with van der Waals surface area (Å²) in [6.45, 7) is 7.93. The van der Waals surface area contributed by atoms with Gasteiger partial charge in [0.1, 0.15) is 0 Å². The van der Waals surface area contributed by atoms with E-state index in [0.717, 1.165) is 12.8 Å². The standard InChI is InChI=1S/C16H23BN2O4/c1-15(2)16(3,4)23-17(22-15)12-9-8-11(21-10-6-7-10)13(19-12)14(20)18-5/h8-10H,6-7H2,1-5H3,(H,18,20). The molecule has 1 aliphatic carbocycles. The number of nitrogens with one attached hydrogen (secondary N) is 1. The van der Waals surface area contributed by atoms with Gasteiger partial charge in [0.15, 0.2) is 11.4 Å². The van der Waals surface area contributed by atoms with Gasteiger partial charge in [-0.05, 0) is 52.7 Å². The van der Waals surface area contributed by atoms with E-state index in [1.807, 2.05) is 27.7 Å². The fourth-order valence-electron chi connectivity index (χ4n) is 2.30. The quantitative estimate of drug-likeness (QED) is 0.847. The molecule has 1 saturated carbocycles. The van der Waals surface area contributed by atoms with Crippen molar-refractivity contribution >= 4 is 18.6 Å². The van der Waals surface area contributed by atoms with Crippen LogP contribution in [0.1, 0.15) is 51.0 Å². The maximum absolute atomic E-state index is 12.1. The molecule has 23 heavy (non-hydrogen) atoms. The van der Waals surface area contributed by atoms with Crippen LogP contribution in [0.15, 0.2) is 12.1 Å². The van der Waals surface area contributed by atoms with Gasteiger partial charge in [0.25, 0.3) is 5.91 Å². The van der Waals surface area contributed by atoms with Gasteiger partial charge >= 0.3 is 7.12 Å². The van der Waals surface area contributed by atoms with Crippen molar-refractivity contribution in [2.24, 2.45) is 0 Å². The van der Waals surface area contributed by atoms with Crippen LogP contribution in [0.3, 0.4) is 0 Å². The first-order valence-corrected chi connectivity index (χ1v) is 7.99. The molecule has 2 aliphatic rings. The van der Waals surface area contributed by atoms with Gasteiger partial charge < -0.3 is 19.4 Å². The molecule has 0 radical (unpaired) electrons. The second-order valence-corrected chi connectivity index (χ2v) is 7.07. The second-order valence-electron chi connectivity index (χ2n) is 7.07. The fourth-order valence-corrected chi connectivity index (χ4v) is 2.30. The zero-order valence-corrected chi connectivity index (χ0v) is 14.3. The predicted octanol–water partition coefficient (Wildman–Crippen LogP) is 1.28. The van der Waals surface area contributed by atoms with Crippen LogP contribution in [-0.4, -0.2) is 42.4 Å². The molecule has 1 aromatic rings. The first-order chi connectivity index (χ1) is 10.7. The average Bonchev–Trinajstić information content (AvgIpc) is 3.25. The van der Waals surface area contributed by atoms with E-state index in [0.29, 0.717) is 11.3 Å². The number of amides is 1. The molecular weight excluding hydrogens is 295 g/mol. The van der Waals surface area contributed by atoms with Gasteiger partial charge in [-0.15, -0.1) is 0 Å². The Morgan fingerprint density at radius 1 is 1.26 bits per heavy atom. The first kappa shape index (κ1) is 16.3. The number of ether oxygens (including phenoxy) is 1. The van der Waals surface area contributed by atoms with Crippen LogP contribution in [0.25, 0.3) is 0 Å². The Hall–Kier alpha value is -1.60. The normalized spacial score (nSPS) is 22.0. The molecule has 0 spiro atoms. The minimum atomic E-state index is -0.599. The van der Waals surface area contributed by atoms with Crippen LogP contribution >= 0.6 is 0 Å². The van der Waals surface area contributed by atoms with Gasteiger partial charge in [-0.25, -0.2) is 4.98 Å². The molecule has 124 valence electrons. The molecule has 3 rings (SSSR count). The molecule has 7 heteroatoms. The molecule has 1 aliphatic heterocycles. The van der Waals surface area contributed by atoms with E-state index >= 15 is 0 Å². The molecular formula is C16H23BN2O4. The number of hydrogen-bond donors (Lipinski definition) is 1. The minimum Gasteiger partial charge on any atom is -0.488 e. The number of carbonyl (C=O) groups excluding carboxylic acids is 1. The minimum absolute atomic E-state index is 0.197. The number of nitrogens with zero attached hydrogens (tertiary/aromatic N) is 1. The Morgan fingerprint density at radius 2 is 1.87 bits per heavy atom. The molecule has 1 N–H and O–H groups in total. The largest absolute Gasteiger partial charge is 0.514 e. The van der Waals surface area contributed by atoms with Crippen molar-refractivity contribution < 1.29 is 18.8 Å². The van der Waals surface area contributed by atoms with Gasteiger partial charge in [-0.1, -0.05) is 0 Å². The fraction of sp³-hybridized carbons (Fsp3) is 0.625. The molecule has 0 unspecified atom stereocenters. The zero-order chi connectivity index (χ0) is 16.8. The van der Waals surface area contributed by atoms with E-state index in [1.165, 1.54) is 0 Å². The van der Waals surface area contributed by atoms with Crippen LogP contribution in [0, 0.1) is 0 Å². The van der Waals surface area contributed by atoms with Gasteiger partial charge in [0.2, 0.25) is 0 Å². The number of rotatable bonds is 4. The summed E-state index contributed by atoms with van der Waals surface area (Å²) in [5.41, 5.74) is -0.0529. The summed E-state index contributed by atoms with van der Waals surface area (Å²) in [7, 11) is 0.977. The lowest BCUT2D eigenvalue weighted by atomic mass is 9.84. The maximum atomic E-state index is 12.1. The highest BCUT2D eigenvalue weighted by molar-refractivity contribution is 6.61. The molecule has 0 bridgehead atoms. The van der Waals surface area contributed by atoms with Crippen molar-refractivity contribution in [3.05, 3.63) is 17.8 Å². The molecule has 2 heterocycles. The lowest BCUT2D eigenvalue weighted by Crippen LogP contribution is -2.41. The highest BCUT2D eigenvalue weighted by Gasteiger charge is 2.52. The SMILES string of the molecule is CNC(=O)c1nc(B2OC(C)(C)C(C)(C)O2)ccc1OC1CC1. The summed E-state index contributed by atoms with van der Waals surface area (Å²) < 4.78 is 17.8. The van der Waals surface area contributed by atoms with Crippen LogP contribution in [0.4, 0.5) is 0 Å². The van der Waals surface area contributed by atoms with Crippen LogP contribution in [0.2, 0.25) is 0 Å². The van der Waals surface area contributed by atoms with Crippen LogP contribution in [0.5, 0.6) is 5.75 Å². The van der Waals surface area contributed by atoms with Gasteiger partial charge in [0.05, 0.1) is 22.9 Å². The van der Waals surface area contributed by atoms with Crippen molar-refractivity contribution in [3.8, 4) is 5.75 Å². The van der Waals surface area contributed by atoms with Gasteiger partial charge in [-0.2, -0.15) is 0 Å². The Morgan fingerprint density at radius 3 is 2.39 bits per heavy atom. The van der Waals surface area contributed by atoms with Crippen molar-refractivity contribution in [3.63, 3.8) is 0 Å². The van der Waals surface area contributed by atoms with Crippen molar-refractivity contribution in [1.82, 2.24) is 10.3 Å². The summed E-state index contributed by atoms with van der Waals surface area (Å²) in [5.74, 6) is 0.228. The summed E-state index contributed by atoms with van der Waals surface area (Å²) in [6.07, 6.45) is 2.24. The van der Waals surface area contributed by atoms with Crippen LogP contribution in [-0.2, 0) is 9.31 Å². The van der Waals surface area contributed by atoms with E-state index in [-0.39, 0.29) is 17.7 Å². The average molecular weight is 318 g/mol. The van der Waals surface area contributed by atoms with E-state index in [4.69, 9.17) is 14.0 Å². The lowest BCUT2D eigenvalue weighted by molar-refractivity contribution is 0.00578. The van der Waals surface area contributed by atoms with E-state index < -0.39 is 18.3 Å². The highest BCUT2D eigenvalue weighted by Crippen LogP contribution is 2.36. The zero-order valence-electron chi connectivity index (χ0n) is 14.3. The Balaban J connectivity index is 1.90. The summed E-state index contributed by atoms with van der Waals surface area (Å²) in [4.78, 5) is 16.6. The van der Waals surface area contributed by atoms with Crippen molar-refractivity contribution in [2.75, 3.05) is 7.05 Å². The third kappa shape index (κ3) is 3.08. The summed E-state index contributed by atoms with van der Waals surface area (Å²) >= 11 is 0. The Labute approximate surface area is 137 Å². The van der Waals surface area contributed by atoms with E-state index in [9.17, 15) is 4.79 Å². The molecule has 1 amide bonds. The topological polar surface area (TPSA) is 69.7 Å². The highest BCUT2D eigenvalue weighted by atomic mass is 16.7. The molecule has 0 aromatic carbocycles. The summed E-state index contributed by atoms with van der Waals surface area (Å²) in [6, 6.07) is 3.57. The molecule has 0 atom stereocenters. The smallest absolute Gasteiger partial charge is 0.488 e. The Bertz CT molecular complexity index is 613. The number of aromatic nitrogens is 1.